The van der Waals surface area contributed by atoms with Crippen LogP contribution in [0.3, 0.4) is 0 Å². The van der Waals surface area contributed by atoms with Gasteiger partial charge in [-0.3, -0.25) is 9.59 Å². The fourth-order valence-corrected chi connectivity index (χ4v) is 2.22. The largest absolute Gasteiger partial charge is 0.329 e. The van der Waals surface area contributed by atoms with E-state index in [2.05, 4.69) is 15.8 Å². The van der Waals surface area contributed by atoms with Gasteiger partial charge in [0.1, 0.15) is 0 Å². The molecule has 2 rings (SSSR count). The molecule has 0 aliphatic rings. The summed E-state index contributed by atoms with van der Waals surface area (Å²) >= 11 is 17.5. The standard InChI is InChI=1S/C15H10Cl3N3O2/c16-10-2-1-3-12(6-10)20-14(22)15(23)21-19-8-9-4-5-11(17)7-13(9)18/h1-8H,(H,20,22)(H,21,23)/b19-8-. The van der Waals surface area contributed by atoms with Crippen LogP contribution in [0.1, 0.15) is 5.56 Å². The summed E-state index contributed by atoms with van der Waals surface area (Å²) in [5, 5.41) is 7.37. The number of nitrogens with one attached hydrogen (secondary N) is 2. The fourth-order valence-electron chi connectivity index (χ4n) is 1.57. The van der Waals surface area contributed by atoms with Crippen molar-refractivity contribution in [3.05, 3.63) is 63.1 Å². The Labute approximate surface area is 147 Å². The van der Waals surface area contributed by atoms with Crippen molar-refractivity contribution >= 4 is 58.5 Å². The van der Waals surface area contributed by atoms with Gasteiger partial charge in [0.2, 0.25) is 0 Å². The molecular formula is C15H10Cl3N3O2. The molecule has 0 unspecified atom stereocenters. The first-order valence-electron chi connectivity index (χ1n) is 6.31. The van der Waals surface area contributed by atoms with E-state index in [9.17, 15) is 9.59 Å². The molecular weight excluding hydrogens is 361 g/mol. The molecule has 2 aromatic rings. The molecule has 118 valence electrons. The Hall–Kier alpha value is -2.08. The number of halogens is 3. The van der Waals surface area contributed by atoms with Gasteiger partial charge < -0.3 is 5.32 Å². The van der Waals surface area contributed by atoms with E-state index in [-0.39, 0.29) is 0 Å². The van der Waals surface area contributed by atoms with Gasteiger partial charge in [0.25, 0.3) is 0 Å². The van der Waals surface area contributed by atoms with Crippen LogP contribution >= 0.6 is 34.8 Å². The van der Waals surface area contributed by atoms with Crippen LogP contribution < -0.4 is 10.7 Å². The average molecular weight is 371 g/mol. The van der Waals surface area contributed by atoms with Crippen LogP contribution in [0.25, 0.3) is 0 Å². The lowest BCUT2D eigenvalue weighted by atomic mass is 10.2. The van der Waals surface area contributed by atoms with Crippen molar-refractivity contribution < 1.29 is 9.59 Å². The number of nitrogens with zero attached hydrogens (tertiary/aromatic N) is 1. The van der Waals surface area contributed by atoms with Crippen LogP contribution in [0.2, 0.25) is 15.1 Å². The van der Waals surface area contributed by atoms with E-state index in [1.807, 2.05) is 0 Å². The maximum Gasteiger partial charge on any atom is 0.329 e. The molecule has 0 aliphatic carbocycles. The van der Waals surface area contributed by atoms with Crippen LogP contribution in [0.15, 0.2) is 47.6 Å². The van der Waals surface area contributed by atoms with Gasteiger partial charge in [0.05, 0.1) is 11.2 Å². The molecule has 0 aromatic heterocycles. The van der Waals surface area contributed by atoms with Gasteiger partial charge in [-0.15, -0.1) is 0 Å². The molecule has 0 radical (unpaired) electrons. The predicted octanol–water partition coefficient (Wildman–Crippen LogP) is 3.74. The maximum absolute atomic E-state index is 11.7. The number of hydrazone groups is 1. The Morgan fingerprint density at radius 3 is 2.39 bits per heavy atom. The average Bonchev–Trinajstić information content (AvgIpc) is 2.49. The van der Waals surface area contributed by atoms with Crippen molar-refractivity contribution in [2.45, 2.75) is 0 Å². The third kappa shape index (κ3) is 5.25. The van der Waals surface area contributed by atoms with E-state index in [0.29, 0.717) is 26.3 Å². The molecule has 23 heavy (non-hydrogen) atoms. The zero-order valence-corrected chi connectivity index (χ0v) is 13.8. The molecule has 0 atom stereocenters. The molecule has 0 spiro atoms. The highest BCUT2D eigenvalue weighted by molar-refractivity contribution is 6.40. The van der Waals surface area contributed by atoms with Crippen molar-refractivity contribution in [1.29, 1.82) is 0 Å². The van der Waals surface area contributed by atoms with Crippen LogP contribution in [0.4, 0.5) is 5.69 Å². The molecule has 0 saturated heterocycles. The van der Waals surface area contributed by atoms with E-state index in [0.717, 1.165) is 0 Å². The Morgan fingerprint density at radius 2 is 1.70 bits per heavy atom. The summed E-state index contributed by atoms with van der Waals surface area (Å²) in [5.41, 5.74) is 3.05. The first kappa shape index (κ1) is 17.3. The lowest BCUT2D eigenvalue weighted by Crippen LogP contribution is -2.32. The molecule has 2 aromatic carbocycles. The summed E-state index contributed by atoms with van der Waals surface area (Å²) < 4.78 is 0. The van der Waals surface area contributed by atoms with E-state index in [1.165, 1.54) is 18.3 Å². The van der Waals surface area contributed by atoms with Crippen molar-refractivity contribution in [2.75, 3.05) is 5.32 Å². The number of hydrogen-bond acceptors (Lipinski definition) is 3. The second-order valence-electron chi connectivity index (χ2n) is 4.33. The minimum atomic E-state index is -0.925. The molecule has 0 bridgehead atoms. The number of hydrogen-bond donors (Lipinski definition) is 2. The quantitative estimate of drug-likeness (QED) is 0.491. The topological polar surface area (TPSA) is 70.6 Å². The molecule has 8 heteroatoms. The molecule has 5 nitrogen and oxygen atoms in total. The minimum absolute atomic E-state index is 0.374. The highest BCUT2D eigenvalue weighted by Crippen LogP contribution is 2.19. The molecule has 2 N–H and O–H groups in total. The summed E-state index contributed by atoms with van der Waals surface area (Å²) in [6.45, 7) is 0. The minimum Gasteiger partial charge on any atom is -0.318 e. The van der Waals surface area contributed by atoms with Gasteiger partial charge in [-0.05, 0) is 30.3 Å². The Balaban J connectivity index is 1.93. The smallest absolute Gasteiger partial charge is 0.318 e. The normalized spacial score (nSPS) is 10.6. The third-order valence-corrected chi connectivity index (χ3v) is 3.42. The lowest BCUT2D eigenvalue weighted by Gasteiger charge is -2.04. The van der Waals surface area contributed by atoms with Gasteiger partial charge >= 0.3 is 11.8 Å². The van der Waals surface area contributed by atoms with Crippen LogP contribution in [-0.2, 0) is 9.59 Å². The second-order valence-corrected chi connectivity index (χ2v) is 5.61. The van der Waals surface area contributed by atoms with Gasteiger partial charge in [-0.1, -0.05) is 46.9 Å². The highest BCUT2D eigenvalue weighted by atomic mass is 35.5. The summed E-state index contributed by atoms with van der Waals surface area (Å²) in [7, 11) is 0. The van der Waals surface area contributed by atoms with Crippen LogP contribution in [-0.4, -0.2) is 18.0 Å². The van der Waals surface area contributed by atoms with Crippen LogP contribution in [0, 0.1) is 0 Å². The number of carbonyl (C=O) groups excluding carboxylic acids is 2. The van der Waals surface area contributed by atoms with E-state index >= 15 is 0 Å². The summed E-state index contributed by atoms with van der Waals surface area (Å²) in [4.78, 5) is 23.3. The number of amides is 2. The zero-order valence-electron chi connectivity index (χ0n) is 11.5. The predicted molar refractivity (Wildman–Crippen MR) is 92.3 cm³/mol. The fraction of sp³-hybridized carbons (Fsp3) is 0. The van der Waals surface area contributed by atoms with Gasteiger partial charge in [-0.2, -0.15) is 5.10 Å². The Bertz CT molecular complexity index is 778. The summed E-state index contributed by atoms with van der Waals surface area (Å²) in [6.07, 6.45) is 1.31. The van der Waals surface area contributed by atoms with Gasteiger partial charge in [0.15, 0.2) is 0 Å². The number of benzene rings is 2. The van der Waals surface area contributed by atoms with Gasteiger partial charge in [-0.25, -0.2) is 5.43 Å². The van der Waals surface area contributed by atoms with Crippen molar-refractivity contribution in [2.24, 2.45) is 5.10 Å². The van der Waals surface area contributed by atoms with Crippen molar-refractivity contribution in [3.8, 4) is 0 Å². The molecule has 0 saturated carbocycles. The van der Waals surface area contributed by atoms with Gasteiger partial charge in [0, 0.05) is 21.3 Å². The Kier molecular flexibility index (Phi) is 5.98. The van der Waals surface area contributed by atoms with Crippen molar-refractivity contribution in [3.63, 3.8) is 0 Å². The molecule has 0 heterocycles. The number of rotatable bonds is 3. The van der Waals surface area contributed by atoms with E-state index in [4.69, 9.17) is 34.8 Å². The van der Waals surface area contributed by atoms with Crippen LogP contribution in [0.5, 0.6) is 0 Å². The summed E-state index contributed by atoms with van der Waals surface area (Å²) in [6, 6.07) is 11.2. The molecule has 0 fully saturated rings. The van der Waals surface area contributed by atoms with Crippen molar-refractivity contribution in [1.82, 2.24) is 5.43 Å². The highest BCUT2D eigenvalue weighted by Gasteiger charge is 2.12. The number of carbonyl (C=O) groups is 2. The summed E-state index contributed by atoms with van der Waals surface area (Å²) in [5.74, 6) is -1.79. The molecule has 0 aliphatic heterocycles. The SMILES string of the molecule is O=C(N/N=C\c1ccc(Cl)cc1Cl)C(=O)Nc1cccc(Cl)c1. The van der Waals surface area contributed by atoms with E-state index < -0.39 is 11.8 Å². The zero-order chi connectivity index (χ0) is 16.8. The third-order valence-electron chi connectivity index (χ3n) is 2.62. The lowest BCUT2D eigenvalue weighted by molar-refractivity contribution is -0.136. The Morgan fingerprint density at radius 1 is 0.957 bits per heavy atom. The first-order valence-corrected chi connectivity index (χ1v) is 7.44. The van der Waals surface area contributed by atoms with E-state index in [1.54, 1.807) is 30.3 Å². The molecule has 2 amide bonds. The monoisotopic (exact) mass is 369 g/mol. The second kappa shape index (κ2) is 7.97. The number of anilines is 1. The first-order chi connectivity index (χ1) is 11.0. The maximum atomic E-state index is 11.7.